The molecule has 0 saturated carbocycles. The molecule has 0 heterocycles. The first-order valence-corrected chi connectivity index (χ1v) is 9.75. The number of nitrogens with one attached hydrogen (secondary N) is 1. The van der Waals surface area contributed by atoms with Crippen molar-refractivity contribution < 1.29 is 8.42 Å². The van der Waals surface area contributed by atoms with Gasteiger partial charge >= 0.3 is 0 Å². The molecule has 4 nitrogen and oxygen atoms in total. The zero-order chi connectivity index (χ0) is 17.5. The molecule has 2 aromatic rings. The molecule has 3 N–H and O–H groups in total. The Balaban J connectivity index is 1.98. The van der Waals surface area contributed by atoms with Gasteiger partial charge in [-0.2, -0.15) is 0 Å². The summed E-state index contributed by atoms with van der Waals surface area (Å²) in [5, 5.41) is 0. The standard InChI is InChI=1S/C19H24N2O2S/c1-12-9-13(2)19(14(3)10-12)24(22,23)21-18-6-4-5-15-11-16(20)7-8-17(15)18/h7-11,18,21H,4-6,20H2,1-3H3. The van der Waals surface area contributed by atoms with E-state index in [-0.39, 0.29) is 6.04 Å². The summed E-state index contributed by atoms with van der Waals surface area (Å²) in [5.74, 6) is 0. The Hall–Kier alpha value is -1.85. The van der Waals surface area contributed by atoms with Crippen molar-refractivity contribution in [1.29, 1.82) is 0 Å². The highest BCUT2D eigenvalue weighted by Crippen LogP contribution is 2.33. The van der Waals surface area contributed by atoms with Crippen LogP contribution in [0.5, 0.6) is 0 Å². The lowest BCUT2D eigenvalue weighted by Crippen LogP contribution is -2.32. The summed E-state index contributed by atoms with van der Waals surface area (Å²) in [5.41, 5.74) is 11.4. The number of nitrogen functional groups attached to an aromatic ring is 1. The molecule has 0 spiro atoms. The second-order valence-electron chi connectivity index (χ2n) is 6.75. The number of benzene rings is 2. The number of hydrogen-bond acceptors (Lipinski definition) is 3. The van der Waals surface area contributed by atoms with Gasteiger partial charge < -0.3 is 5.73 Å². The van der Waals surface area contributed by atoms with Crippen LogP contribution >= 0.6 is 0 Å². The maximum absolute atomic E-state index is 13.0. The van der Waals surface area contributed by atoms with E-state index in [0.29, 0.717) is 4.90 Å². The average molecular weight is 344 g/mol. The summed E-state index contributed by atoms with van der Waals surface area (Å²) in [6.45, 7) is 5.68. The van der Waals surface area contributed by atoms with Crippen molar-refractivity contribution >= 4 is 15.7 Å². The minimum atomic E-state index is -3.57. The molecule has 5 heteroatoms. The molecule has 128 valence electrons. The minimum absolute atomic E-state index is 0.195. The molecule has 0 amide bonds. The normalized spacial score (nSPS) is 17.5. The predicted octanol–water partition coefficient (Wildman–Crippen LogP) is 3.55. The fourth-order valence-electron chi connectivity index (χ4n) is 3.79. The van der Waals surface area contributed by atoms with E-state index in [1.54, 1.807) is 0 Å². The minimum Gasteiger partial charge on any atom is -0.399 e. The number of aryl methyl sites for hydroxylation is 4. The molecule has 3 rings (SSSR count). The summed E-state index contributed by atoms with van der Waals surface area (Å²) in [6.07, 6.45) is 2.71. The molecular formula is C19H24N2O2S. The lowest BCUT2D eigenvalue weighted by Gasteiger charge is -2.27. The SMILES string of the molecule is Cc1cc(C)c(S(=O)(=O)NC2CCCc3cc(N)ccc32)c(C)c1. The highest BCUT2D eigenvalue weighted by Gasteiger charge is 2.27. The molecule has 0 aromatic heterocycles. The van der Waals surface area contributed by atoms with Gasteiger partial charge in [0.1, 0.15) is 0 Å². The van der Waals surface area contributed by atoms with E-state index >= 15 is 0 Å². The van der Waals surface area contributed by atoms with Gasteiger partial charge in [0, 0.05) is 11.7 Å². The van der Waals surface area contributed by atoms with Gasteiger partial charge in [0.05, 0.1) is 4.90 Å². The van der Waals surface area contributed by atoms with Crippen LogP contribution in [0.1, 0.15) is 46.7 Å². The van der Waals surface area contributed by atoms with Crippen LogP contribution in [-0.4, -0.2) is 8.42 Å². The third kappa shape index (κ3) is 3.19. The Morgan fingerprint density at radius 3 is 2.42 bits per heavy atom. The Bertz CT molecular complexity index is 865. The first kappa shape index (κ1) is 17.0. The number of sulfonamides is 1. The summed E-state index contributed by atoms with van der Waals surface area (Å²) < 4.78 is 28.9. The zero-order valence-corrected chi connectivity index (χ0v) is 15.2. The number of anilines is 1. The van der Waals surface area contributed by atoms with Gasteiger partial charge in [-0.1, -0.05) is 23.8 Å². The topological polar surface area (TPSA) is 72.2 Å². The third-order valence-corrected chi connectivity index (χ3v) is 6.43. The number of fused-ring (bicyclic) bond motifs is 1. The van der Waals surface area contributed by atoms with Gasteiger partial charge in [0.2, 0.25) is 10.0 Å². The highest BCUT2D eigenvalue weighted by molar-refractivity contribution is 7.89. The fraction of sp³-hybridized carbons (Fsp3) is 0.368. The first-order valence-electron chi connectivity index (χ1n) is 8.26. The Labute approximate surface area is 144 Å². The average Bonchev–Trinajstić information content (AvgIpc) is 2.45. The number of nitrogens with two attached hydrogens (primary N) is 1. The Kier molecular flexibility index (Phi) is 4.40. The van der Waals surface area contributed by atoms with Crippen LogP contribution in [0.2, 0.25) is 0 Å². The quantitative estimate of drug-likeness (QED) is 0.836. The Morgan fingerprint density at radius 2 is 1.75 bits per heavy atom. The lowest BCUT2D eigenvalue weighted by atomic mass is 9.88. The van der Waals surface area contributed by atoms with Crippen molar-refractivity contribution in [2.24, 2.45) is 0 Å². The Morgan fingerprint density at radius 1 is 1.08 bits per heavy atom. The molecule has 0 radical (unpaired) electrons. The molecule has 1 unspecified atom stereocenters. The van der Waals surface area contributed by atoms with Crippen molar-refractivity contribution in [3.63, 3.8) is 0 Å². The van der Waals surface area contributed by atoms with Crippen molar-refractivity contribution in [1.82, 2.24) is 4.72 Å². The zero-order valence-electron chi connectivity index (χ0n) is 14.4. The van der Waals surface area contributed by atoms with E-state index in [1.807, 2.05) is 51.1 Å². The molecule has 1 atom stereocenters. The van der Waals surface area contributed by atoms with E-state index in [1.165, 1.54) is 0 Å². The largest absolute Gasteiger partial charge is 0.399 e. The number of rotatable bonds is 3. The van der Waals surface area contributed by atoms with Crippen LogP contribution in [0.3, 0.4) is 0 Å². The lowest BCUT2D eigenvalue weighted by molar-refractivity contribution is 0.507. The van der Waals surface area contributed by atoms with Crippen LogP contribution in [0.25, 0.3) is 0 Å². The molecule has 24 heavy (non-hydrogen) atoms. The second-order valence-corrected chi connectivity index (χ2v) is 8.40. The summed E-state index contributed by atoms with van der Waals surface area (Å²) >= 11 is 0. The molecule has 0 aliphatic heterocycles. The molecule has 0 saturated heterocycles. The maximum atomic E-state index is 13.0. The van der Waals surface area contributed by atoms with Crippen LogP contribution in [0.15, 0.2) is 35.2 Å². The highest BCUT2D eigenvalue weighted by atomic mass is 32.2. The van der Waals surface area contributed by atoms with Crippen LogP contribution in [0.4, 0.5) is 5.69 Å². The smallest absolute Gasteiger partial charge is 0.241 e. The van der Waals surface area contributed by atoms with Crippen molar-refractivity contribution in [3.05, 3.63) is 58.1 Å². The van der Waals surface area contributed by atoms with Crippen molar-refractivity contribution in [2.45, 2.75) is 51.0 Å². The monoisotopic (exact) mass is 344 g/mol. The summed E-state index contributed by atoms with van der Waals surface area (Å²) in [4.78, 5) is 0.399. The fourth-order valence-corrected chi connectivity index (χ4v) is 5.50. The van der Waals surface area contributed by atoms with Crippen LogP contribution in [0, 0.1) is 20.8 Å². The summed E-state index contributed by atoms with van der Waals surface area (Å²) in [7, 11) is -3.57. The van der Waals surface area contributed by atoms with Crippen molar-refractivity contribution in [2.75, 3.05) is 5.73 Å². The molecule has 1 aliphatic rings. The van der Waals surface area contributed by atoms with Gasteiger partial charge in [-0.25, -0.2) is 13.1 Å². The third-order valence-electron chi connectivity index (χ3n) is 4.65. The van der Waals surface area contributed by atoms with E-state index < -0.39 is 10.0 Å². The number of hydrogen-bond donors (Lipinski definition) is 2. The molecule has 1 aliphatic carbocycles. The van der Waals surface area contributed by atoms with E-state index in [0.717, 1.165) is 52.8 Å². The first-order chi connectivity index (χ1) is 11.3. The van der Waals surface area contributed by atoms with Crippen LogP contribution < -0.4 is 10.5 Å². The van der Waals surface area contributed by atoms with Crippen molar-refractivity contribution in [3.8, 4) is 0 Å². The van der Waals surface area contributed by atoms with Gasteiger partial charge in [-0.05, 0) is 74.4 Å². The molecule has 0 bridgehead atoms. The van der Waals surface area contributed by atoms with Gasteiger partial charge in [0.15, 0.2) is 0 Å². The molecule has 2 aromatic carbocycles. The van der Waals surface area contributed by atoms with E-state index in [9.17, 15) is 8.42 Å². The van der Waals surface area contributed by atoms with Crippen LogP contribution in [-0.2, 0) is 16.4 Å². The van der Waals surface area contributed by atoms with Gasteiger partial charge in [-0.3, -0.25) is 0 Å². The summed E-state index contributed by atoms with van der Waals surface area (Å²) in [6, 6.07) is 9.38. The van der Waals surface area contributed by atoms with Gasteiger partial charge in [-0.15, -0.1) is 0 Å². The molecular weight excluding hydrogens is 320 g/mol. The second kappa shape index (κ2) is 6.22. The predicted molar refractivity (Wildman–Crippen MR) is 97.5 cm³/mol. The van der Waals surface area contributed by atoms with E-state index in [2.05, 4.69) is 4.72 Å². The van der Waals surface area contributed by atoms with E-state index in [4.69, 9.17) is 5.73 Å². The van der Waals surface area contributed by atoms with Gasteiger partial charge in [0.25, 0.3) is 0 Å². The molecule has 0 fully saturated rings. The maximum Gasteiger partial charge on any atom is 0.241 e.